The van der Waals surface area contributed by atoms with Crippen molar-refractivity contribution in [2.24, 2.45) is 0 Å². The van der Waals surface area contributed by atoms with Crippen molar-refractivity contribution in [2.75, 3.05) is 52.4 Å². The van der Waals surface area contributed by atoms with Crippen molar-refractivity contribution in [3.63, 3.8) is 0 Å². The Balaban J connectivity index is 1.64. The minimum absolute atomic E-state index is 0.0395. The maximum Gasteiger partial charge on any atom is 0.246 e. The number of aromatic nitrogens is 2. The van der Waals surface area contributed by atoms with Gasteiger partial charge in [-0.2, -0.15) is 0 Å². The van der Waals surface area contributed by atoms with Gasteiger partial charge in [-0.1, -0.05) is 0 Å². The van der Waals surface area contributed by atoms with Crippen molar-refractivity contribution in [1.29, 1.82) is 0 Å². The third-order valence-corrected chi connectivity index (χ3v) is 4.53. The van der Waals surface area contributed by atoms with E-state index in [1.54, 1.807) is 64.1 Å². The minimum Gasteiger partial charge on any atom is -0.493 e. The Bertz CT molecular complexity index is 808. The molecule has 1 aliphatic rings. The van der Waals surface area contributed by atoms with E-state index in [9.17, 15) is 4.79 Å². The Morgan fingerprint density at radius 3 is 2.11 bits per heavy atom. The van der Waals surface area contributed by atoms with Crippen LogP contribution >= 0.6 is 0 Å². The van der Waals surface area contributed by atoms with Gasteiger partial charge in [0.15, 0.2) is 11.5 Å². The fourth-order valence-electron chi connectivity index (χ4n) is 3.05. The summed E-state index contributed by atoms with van der Waals surface area (Å²) in [6, 6.07) is 5.39. The van der Waals surface area contributed by atoms with Gasteiger partial charge in [0.2, 0.25) is 17.6 Å². The summed E-state index contributed by atoms with van der Waals surface area (Å²) >= 11 is 0. The van der Waals surface area contributed by atoms with Crippen LogP contribution < -0.4 is 19.1 Å². The molecule has 1 aromatic carbocycles. The van der Waals surface area contributed by atoms with Gasteiger partial charge < -0.3 is 24.0 Å². The molecule has 0 unspecified atom stereocenters. The Kier molecular flexibility index (Phi) is 6.31. The van der Waals surface area contributed by atoms with Crippen LogP contribution in [-0.4, -0.2) is 68.3 Å². The Labute approximate surface area is 164 Å². The normalized spacial score (nSPS) is 14.2. The summed E-state index contributed by atoms with van der Waals surface area (Å²) < 4.78 is 16.0. The number of piperazine rings is 1. The van der Waals surface area contributed by atoms with E-state index in [1.165, 1.54) is 0 Å². The van der Waals surface area contributed by atoms with E-state index in [1.807, 2.05) is 4.90 Å². The van der Waals surface area contributed by atoms with Crippen LogP contribution in [0.25, 0.3) is 6.08 Å². The first-order chi connectivity index (χ1) is 13.7. The molecule has 148 valence electrons. The van der Waals surface area contributed by atoms with Crippen molar-refractivity contribution in [1.82, 2.24) is 14.9 Å². The number of nitrogens with zero attached hydrogens (tertiary/aromatic N) is 4. The third-order valence-electron chi connectivity index (χ3n) is 4.53. The van der Waals surface area contributed by atoms with Crippen LogP contribution in [0.1, 0.15) is 5.56 Å². The minimum atomic E-state index is -0.0395. The molecule has 2 heterocycles. The zero-order chi connectivity index (χ0) is 19.9. The fourth-order valence-corrected chi connectivity index (χ4v) is 3.05. The van der Waals surface area contributed by atoms with Gasteiger partial charge in [-0.15, -0.1) is 0 Å². The third kappa shape index (κ3) is 4.33. The lowest BCUT2D eigenvalue weighted by Crippen LogP contribution is -2.48. The predicted octanol–water partition coefficient (Wildman–Crippen LogP) is 1.86. The number of anilines is 1. The van der Waals surface area contributed by atoms with E-state index in [0.29, 0.717) is 49.4 Å². The molecule has 1 fully saturated rings. The van der Waals surface area contributed by atoms with Gasteiger partial charge in [0, 0.05) is 44.6 Å². The molecule has 1 aromatic heterocycles. The number of hydrogen-bond acceptors (Lipinski definition) is 7. The van der Waals surface area contributed by atoms with Crippen LogP contribution in [-0.2, 0) is 4.79 Å². The van der Waals surface area contributed by atoms with Crippen LogP contribution in [0.2, 0.25) is 0 Å². The number of benzene rings is 1. The van der Waals surface area contributed by atoms with Gasteiger partial charge in [0.1, 0.15) is 0 Å². The lowest BCUT2D eigenvalue weighted by molar-refractivity contribution is -0.126. The Hall–Kier alpha value is -3.29. The number of amides is 1. The van der Waals surface area contributed by atoms with Crippen LogP contribution in [0.4, 0.5) is 5.95 Å². The molecule has 1 saturated heterocycles. The van der Waals surface area contributed by atoms with Crippen LogP contribution in [0.15, 0.2) is 36.7 Å². The molecule has 0 N–H and O–H groups in total. The summed E-state index contributed by atoms with van der Waals surface area (Å²) in [5.41, 5.74) is 0.791. The van der Waals surface area contributed by atoms with Crippen LogP contribution in [0.3, 0.4) is 0 Å². The highest BCUT2D eigenvalue weighted by atomic mass is 16.5. The topological polar surface area (TPSA) is 77.0 Å². The maximum atomic E-state index is 12.5. The lowest BCUT2D eigenvalue weighted by Gasteiger charge is -2.34. The zero-order valence-corrected chi connectivity index (χ0v) is 16.3. The largest absolute Gasteiger partial charge is 0.493 e. The molecule has 0 bridgehead atoms. The summed E-state index contributed by atoms with van der Waals surface area (Å²) in [5.74, 6) is 2.27. The second-order valence-corrected chi connectivity index (χ2v) is 6.15. The Morgan fingerprint density at radius 2 is 1.57 bits per heavy atom. The van der Waals surface area contributed by atoms with Crippen molar-refractivity contribution in [3.05, 3.63) is 42.2 Å². The molecular weight excluding hydrogens is 360 g/mol. The molecular formula is C20H24N4O4. The highest BCUT2D eigenvalue weighted by molar-refractivity contribution is 5.92. The van der Waals surface area contributed by atoms with E-state index in [-0.39, 0.29) is 5.91 Å². The average Bonchev–Trinajstić information content (AvgIpc) is 2.77. The summed E-state index contributed by atoms with van der Waals surface area (Å²) in [6.07, 6.45) is 6.76. The van der Waals surface area contributed by atoms with Crippen LogP contribution in [0, 0.1) is 0 Å². The van der Waals surface area contributed by atoms with Gasteiger partial charge in [-0.05, 0) is 29.8 Å². The second-order valence-electron chi connectivity index (χ2n) is 6.15. The number of ether oxygens (including phenoxy) is 3. The molecule has 0 aliphatic carbocycles. The molecule has 1 aliphatic heterocycles. The standard InChI is InChI=1S/C20H24N4O4/c1-26-16-13-15(14-17(27-2)19(16)28-3)5-6-18(25)23-9-11-24(12-10-23)20-21-7-4-8-22-20/h4-8,13-14H,9-12H2,1-3H3/b6-5+. The highest BCUT2D eigenvalue weighted by Gasteiger charge is 2.21. The molecule has 28 heavy (non-hydrogen) atoms. The molecule has 2 aromatic rings. The van der Waals surface area contributed by atoms with Crippen molar-refractivity contribution in [3.8, 4) is 17.2 Å². The number of rotatable bonds is 6. The summed E-state index contributed by atoms with van der Waals surface area (Å²) in [7, 11) is 4.68. The van der Waals surface area contributed by atoms with Crippen molar-refractivity contribution < 1.29 is 19.0 Å². The van der Waals surface area contributed by atoms with Gasteiger partial charge >= 0.3 is 0 Å². The Morgan fingerprint density at radius 1 is 0.964 bits per heavy atom. The predicted molar refractivity (Wildman–Crippen MR) is 106 cm³/mol. The van der Waals surface area contributed by atoms with E-state index in [0.717, 1.165) is 5.56 Å². The van der Waals surface area contributed by atoms with Gasteiger partial charge in [0.05, 0.1) is 21.3 Å². The fraction of sp³-hybridized carbons (Fsp3) is 0.350. The number of methoxy groups -OCH3 is 3. The molecule has 8 heteroatoms. The molecule has 0 radical (unpaired) electrons. The number of carbonyl (C=O) groups is 1. The SMILES string of the molecule is COc1cc(/C=C/C(=O)N2CCN(c3ncccn3)CC2)cc(OC)c1OC. The van der Waals surface area contributed by atoms with E-state index < -0.39 is 0 Å². The van der Waals surface area contributed by atoms with E-state index in [2.05, 4.69) is 14.9 Å². The molecule has 0 saturated carbocycles. The zero-order valence-electron chi connectivity index (χ0n) is 16.3. The first-order valence-corrected chi connectivity index (χ1v) is 8.95. The quantitative estimate of drug-likeness (QED) is 0.704. The second kappa shape index (κ2) is 9.07. The van der Waals surface area contributed by atoms with Gasteiger partial charge in [0.25, 0.3) is 0 Å². The van der Waals surface area contributed by atoms with Gasteiger partial charge in [-0.25, -0.2) is 9.97 Å². The molecule has 3 rings (SSSR count). The first-order valence-electron chi connectivity index (χ1n) is 8.95. The highest BCUT2D eigenvalue weighted by Crippen LogP contribution is 2.38. The molecule has 0 atom stereocenters. The number of hydrogen-bond donors (Lipinski definition) is 0. The summed E-state index contributed by atoms with van der Waals surface area (Å²) in [6.45, 7) is 2.65. The van der Waals surface area contributed by atoms with E-state index >= 15 is 0 Å². The maximum absolute atomic E-state index is 12.5. The van der Waals surface area contributed by atoms with Crippen molar-refractivity contribution >= 4 is 17.9 Å². The molecule has 0 spiro atoms. The van der Waals surface area contributed by atoms with E-state index in [4.69, 9.17) is 14.2 Å². The monoisotopic (exact) mass is 384 g/mol. The van der Waals surface area contributed by atoms with Gasteiger partial charge in [-0.3, -0.25) is 4.79 Å². The summed E-state index contributed by atoms with van der Waals surface area (Å²) in [5, 5.41) is 0. The van der Waals surface area contributed by atoms with Crippen molar-refractivity contribution in [2.45, 2.75) is 0 Å². The molecule has 8 nitrogen and oxygen atoms in total. The molecule has 1 amide bonds. The smallest absolute Gasteiger partial charge is 0.246 e. The first kappa shape index (κ1) is 19.5. The number of carbonyl (C=O) groups excluding carboxylic acids is 1. The summed E-state index contributed by atoms with van der Waals surface area (Å²) in [4.78, 5) is 25.0. The van der Waals surface area contributed by atoms with Crippen LogP contribution in [0.5, 0.6) is 17.2 Å². The lowest BCUT2D eigenvalue weighted by atomic mass is 10.1. The average molecular weight is 384 g/mol.